The zero-order valence-corrected chi connectivity index (χ0v) is 13.4. The molecule has 21 heavy (non-hydrogen) atoms. The molecule has 0 bridgehead atoms. The van der Waals surface area contributed by atoms with Gasteiger partial charge in [0.1, 0.15) is 6.61 Å². The minimum absolute atomic E-state index is 0.231. The molecule has 0 saturated carbocycles. The lowest BCUT2D eigenvalue weighted by molar-refractivity contribution is 0.0669. The lowest BCUT2D eigenvalue weighted by atomic mass is 10.1. The summed E-state index contributed by atoms with van der Waals surface area (Å²) in [4.78, 5) is 2.20. The van der Waals surface area contributed by atoms with Crippen LogP contribution in [0.2, 0.25) is 0 Å². The van der Waals surface area contributed by atoms with Gasteiger partial charge in [-0.3, -0.25) is 0 Å². The minimum atomic E-state index is 0.231. The third kappa shape index (κ3) is 5.21. The van der Waals surface area contributed by atoms with Crippen molar-refractivity contribution >= 4 is 0 Å². The molecule has 0 spiro atoms. The Labute approximate surface area is 128 Å². The molecule has 4 heteroatoms. The molecule has 0 aliphatic carbocycles. The summed E-state index contributed by atoms with van der Waals surface area (Å²) in [6.45, 7) is 2.56. The Morgan fingerprint density at radius 2 is 2.14 bits per heavy atom. The standard InChI is InChI=1S/C17H27NO3/c1-18(2)10-4-6-14-8-9-16(17(12-14)19-3)21-13-15-7-5-11-20-15/h8-9,12,15H,4-7,10-11,13H2,1-3H3. The summed E-state index contributed by atoms with van der Waals surface area (Å²) in [6.07, 6.45) is 4.66. The van der Waals surface area contributed by atoms with Crippen molar-refractivity contribution in [1.82, 2.24) is 4.90 Å². The number of methoxy groups -OCH3 is 1. The summed E-state index contributed by atoms with van der Waals surface area (Å²) in [7, 11) is 5.89. The van der Waals surface area contributed by atoms with Crippen molar-refractivity contribution in [1.29, 1.82) is 0 Å². The second-order valence-corrected chi connectivity index (χ2v) is 5.84. The van der Waals surface area contributed by atoms with Gasteiger partial charge in [-0.15, -0.1) is 0 Å². The number of hydrogen-bond donors (Lipinski definition) is 0. The minimum Gasteiger partial charge on any atom is -0.493 e. The summed E-state index contributed by atoms with van der Waals surface area (Å²) < 4.78 is 16.9. The molecule has 0 N–H and O–H groups in total. The smallest absolute Gasteiger partial charge is 0.161 e. The van der Waals surface area contributed by atoms with E-state index in [1.54, 1.807) is 7.11 Å². The van der Waals surface area contributed by atoms with E-state index in [4.69, 9.17) is 14.2 Å². The zero-order chi connectivity index (χ0) is 15.1. The fraction of sp³-hybridized carbons (Fsp3) is 0.647. The second kappa shape index (κ2) is 8.25. The first kappa shape index (κ1) is 16.1. The third-order valence-electron chi connectivity index (χ3n) is 3.75. The number of nitrogens with zero attached hydrogens (tertiary/aromatic N) is 1. The van der Waals surface area contributed by atoms with Crippen LogP contribution in [0.15, 0.2) is 18.2 Å². The van der Waals surface area contributed by atoms with Crippen molar-refractivity contribution in [2.45, 2.75) is 31.8 Å². The van der Waals surface area contributed by atoms with Crippen molar-refractivity contribution in [3.63, 3.8) is 0 Å². The van der Waals surface area contributed by atoms with Crippen LogP contribution in [0.3, 0.4) is 0 Å². The Hall–Kier alpha value is -1.26. The van der Waals surface area contributed by atoms with E-state index in [1.807, 2.05) is 6.07 Å². The Bertz CT molecular complexity index is 428. The highest BCUT2D eigenvalue weighted by atomic mass is 16.5. The fourth-order valence-corrected chi connectivity index (χ4v) is 2.54. The van der Waals surface area contributed by atoms with Gasteiger partial charge in [-0.1, -0.05) is 6.07 Å². The highest BCUT2D eigenvalue weighted by Crippen LogP contribution is 2.29. The molecule has 1 aliphatic heterocycles. The Morgan fingerprint density at radius 1 is 1.29 bits per heavy atom. The molecule has 2 rings (SSSR count). The van der Waals surface area contributed by atoms with Crippen LogP contribution in [-0.2, 0) is 11.2 Å². The van der Waals surface area contributed by atoms with E-state index < -0.39 is 0 Å². The molecular formula is C17H27NO3. The van der Waals surface area contributed by atoms with Crippen LogP contribution in [0.1, 0.15) is 24.8 Å². The van der Waals surface area contributed by atoms with Gasteiger partial charge in [0, 0.05) is 6.61 Å². The molecule has 4 nitrogen and oxygen atoms in total. The molecule has 1 saturated heterocycles. The van der Waals surface area contributed by atoms with Crippen molar-refractivity contribution in [2.24, 2.45) is 0 Å². The van der Waals surface area contributed by atoms with E-state index in [0.717, 1.165) is 50.3 Å². The predicted molar refractivity (Wildman–Crippen MR) is 84.3 cm³/mol. The van der Waals surface area contributed by atoms with E-state index in [2.05, 4.69) is 31.1 Å². The van der Waals surface area contributed by atoms with Gasteiger partial charge >= 0.3 is 0 Å². The molecular weight excluding hydrogens is 266 g/mol. The van der Waals surface area contributed by atoms with Crippen LogP contribution in [0.5, 0.6) is 11.5 Å². The van der Waals surface area contributed by atoms with Crippen LogP contribution >= 0.6 is 0 Å². The van der Waals surface area contributed by atoms with E-state index in [0.29, 0.717) is 6.61 Å². The summed E-state index contributed by atoms with van der Waals surface area (Å²) in [6, 6.07) is 6.22. The van der Waals surface area contributed by atoms with Crippen LogP contribution in [0, 0.1) is 0 Å². The molecule has 0 aromatic heterocycles. The largest absolute Gasteiger partial charge is 0.493 e. The zero-order valence-electron chi connectivity index (χ0n) is 13.4. The number of hydrogen-bond acceptors (Lipinski definition) is 4. The molecule has 0 amide bonds. The van der Waals surface area contributed by atoms with Crippen LogP contribution in [0.4, 0.5) is 0 Å². The number of ether oxygens (including phenoxy) is 3. The normalized spacial score (nSPS) is 18.2. The highest BCUT2D eigenvalue weighted by Gasteiger charge is 2.17. The molecule has 118 valence electrons. The molecule has 1 fully saturated rings. The van der Waals surface area contributed by atoms with Crippen molar-refractivity contribution in [2.75, 3.05) is 41.0 Å². The first-order valence-corrected chi connectivity index (χ1v) is 7.75. The molecule has 0 radical (unpaired) electrons. The van der Waals surface area contributed by atoms with Gasteiger partial charge in [0.05, 0.1) is 13.2 Å². The maximum Gasteiger partial charge on any atom is 0.161 e. The van der Waals surface area contributed by atoms with Crippen molar-refractivity contribution in [3.05, 3.63) is 23.8 Å². The lowest BCUT2D eigenvalue weighted by Gasteiger charge is -2.15. The Kier molecular flexibility index (Phi) is 6.33. The van der Waals surface area contributed by atoms with Crippen LogP contribution in [-0.4, -0.2) is 52.0 Å². The maximum atomic E-state index is 5.85. The third-order valence-corrected chi connectivity index (χ3v) is 3.75. The van der Waals surface area contributed by atoms with E-state index in [1.165, 1.54) is 5.56 Å². The summed E-state index contributed by atoms with van der Waals surface area (Å²) in [5, 5.41) is 0. The molecule has 1 unspecified atom stereocenters. The van der Waals surface area contributed by atoms with Gasteiger partial charge in [-0.25, -0.2) is 0 Å². The Balaban J connectivity index is 1.88. The topological polar surface area (TPSA) is 30.9 Å². The second-order valence-electron chi connectivity index (χ2n) is 5.84. The molecule has 1 aliphatic rings. The van der Waals surface area contributed by atoms with E-state index in [-0.39, 0.29) is 6.10 Å². The van der Waals surface area contributed by atoms with Gasteiger partial charge in [0.2, 0.25) is 0 Å². The van der Waals surface area contributed by atoms with Gasteiger partial charge in [-0.05, 0) is 64.0 Å². The number of benzene rings is 1. The summed E-state index contributed by atoms with van der Waals surface area (Å²) in [5.41, 5.74) is 1.29. The van der Waals surface area contributed by atoms with Crippen molar-refractivity contribution < 1.29 is 14.2 Å². The molecule has 1 aromatic rings. The van der Waals surface area contributed by atoms with E-state index in [9.17, 15) is 0 Å². The van der Waals surface area contributed by atoms with Crippen molar-refractivity contribution in [3.8, 4) is 11.5 Å². The van der Waals surface area contributed by atoms with Gasteiger partial charge < -0.3 is 19.1 Å². The molecule has 1 aromatic carbocycles. The average molecular weight is 293 g/mol. The molecule has 1 heterocycles. The first-order valence-electron chi connectivity index (χ1n) is 7.75. The van der Waals surface area contributed by atoms with E-state index >= 15 is 0 Å². The number of aryl methyl sites for hydroxylation is 1. The average Bonchev–Trinajstić information content (AvgIpc) is 2.98. The van der Waals surface area contributed by atoms with Gasteiger partial charge in [0.25, 0.3) is 0 Å². The van der Waals surface area contributed by atoms with Crippen LogP contribution < -0.4 is 9.47 Å². The first-order chi connectivity index (χ1) is 10.2. The summed E-state index contributed by atoms with van der Waals surface area (Å²) in [5.74, 6) is 1.62. The fourth-order valence-electron chi connectivity index (χ4n) is 2.54. The van der Waals surface area contributed by atoms with Crippen LogP contribution in [0.25, 0.3) is 0 Å². The van der Waals surface area contributed by atoms with Gasteiger partial charge in [-0.2, -0.15) is 0 Å². The molecule has 1 atom stereocenters. The van der Waals surface area contributed by atoms with Gasteiger partial charge in [0.15, 0.2) is 11.5 Å². The highest BCUT2D eigenvalue weighted by molar-refractivity contribution is 5.43. The lowest BCUT2D eigenvalue weighted by Crippen LogP contribution is -2.16. The number of rotatable bonds is 8. The maximum absolute atomic E-state index is 5.85. The predicted octanol–water partition coefficient (Wildman–Crippen LogP) is 2.75. The Morgan fingerprint density at radius 3 is 2.81 bits per heavy atom. The summed E-state index contributed by atoms with van der Waals surface area (Å²) >= 11 is 0. The monoisotopic (exact) mass is 293 g/mol. The quantitative estimate of drug-likeness (QED) is 0.737. The SMILES string of the molecule is COc1cc(CCCN(C)C)ccc1OCC1CCCO1.